The molecule has 0 aliphatic heterocycles. The van der Waals surface area contributed by atoms with E-state index >= 15 is 0 Å². The number of carbonyl (C=O) groups is 1. The normalized spacial score (nSPS) is 11.3. The molecular formula is C9H8F4N2O. The van der Waals surface area contributed by atoms with Gasteiger partial charge in [-0.25, -0.2) is 4.39 Å². The van der Waals surface area contributed by atoms with Crippen molar-refractivity contribution in [3.8, 4) is 0 Å². The number of rotatable bonds is 2. The molecule has 0 fully saturated rings. The third kappa shape index (κ3) is 2.93. The Morgan fingerprint density at radius 3 is 2.50 bits per heavy atom. The lowest BCUT2D eigenvalue weighted by molar-refractivity contribution is -0.137. The van der Waals surface area contributed by atoms with E-state index in [-0.39, 0.29) is 0 Å². The van der Waals surface area contributed by atoms with Crippen molar-refractivity contribution in [2.24, 2.45) is 5.73 Å². The van der Waals surface area contributed by atoms with Crippen molar-refractivity contribution in [3.63, 3.8) is 0 Å². The molecule has 0 spiro atoms. The van der Waals surface area contributed by atoms with Crippen LogP contribution in [0.5, 0.6) is 0 Å². The van der Waals surface area contributed by atoms with Crippen molar-refractivity contribution >= 4 is 11.6 Å². The van der Waals surface area contributed by atoms with E-state index in [0.29, 0.717) is 6.07 Å². The number of amides is 1. The van der Waals surface area contributed by atoms with E-state index in [9.17, 15) is 22.4 Å². The van der Waals surface area contributed by atoms with Crippen LogP contribution in [0.25, 0.3) is 0 Å². The van der Waals surface area contributed by atoms with E-state index in [2.05, 4.69) is 0 Å². The third-order valence-electron chi connectivity index (χ3n) is 1.75. The van der Waals surface area contributed by atoms with Gasteiger partial charge >= 0.3 is 6.18 Å². The van der Waals surface area contributed by atoms with E-state index in [4.69, 9.17) is 5.73 Å². The van der Waals surface area contributed by atoms with Crippen molar-refractivity contribution in [2.75, 3.05) is 11.9 Å². The average Bonchev–Trinajstić information content (AvgIpc) is 2.19. The molecule has 0 unspecified atom stereocenters. The SMILES string of the molecule is NCC(=O)Nc1ccc(F)cc1C(F)(F)F. The average molecular weight is 236 g/mol. The van der Waals surface area contributed by atoms with Gasteiger partial charge in [-0.1, -0.05) is 0 Å². The van der Waals surface area contributed by atoms with Crippen molar-refractivity contribution in [3.05, 3.63) is 29.6 Å². The smallest absolute Gasteiger partial charge is 0.324 e. The van der Waals surface area contributed by atoms with Crippen molar-refractivity contribution in [2.45, 2.75) is 6.18 Å². The number of halogens is 4. The number of carbonyl (C=O) groups excluding carboxylic acids is 1. The van der Waals surface area contributed by atoms with Gasteiger partial charge in [-0.05, 0) is 18.2 Å². The molecular weight excluding hydrogens is 228 g/mol. The van der Waals surface area contributed by atoms with Crippen LogP contribution in [-0.4, -0.2) is 12.5 Å². The molecule has 7 heteroatoms. The quantitative estimate of drug-likeness (QED) is 0.768. The molecule has 3 N–H and O–H groups in total. The highest BCUT2D eigenvalue weighted by atomic mass is 19.4. The molecule has 0 saturated carbocycles. The monoisotopic (exact) mass is 236 g/mol. The van der Waals surface area contributed by atoms with Crippen LogP contribution in [0.2, 0.25) is 0 Å². The molecule has 0 radical (unpaired) electrons. The number of benzene rings is 1. The molecule has 88 valence electrons. The van der Waals surface area contributed by atoms with Gasteiger partial charge in [0.05, 0.1) is 17.8 Å². The first kappa shape index (κ1) is 12.4. The second-order valence-corrected chi connectivity index (χ2v) is 2.94. The van der Waals surface area contributed by atoms with Crippen LogP contribution in [0, 0.1) is 5.82 Å². The van der Waals surface area contributed by atoms with Crippen molar-refractivity contribution < 1.29 is 22.4 Å². The molecule has 0 atom stereocenters. The molecule has 1 amide bonds. The van der Waals surface area contributed by atoms with Gasteiger partial charge < -0.3 is 11.1 Å². The lowest BCUT2D eigenvalue weighted by Crippen LogP contribution is -2.23. The highest BCUT2D eigenvalue weighted by Crippen LogP contribution is 2.35. The van der Waals surface area contributed by atoms with Gasteiger partial charge in [0.2, 0.25) is 5.91 Å². The van der Waals surface area contributed by atoms with Gasteiger partial charge in [-0.2, -0.15) is 13.2 Å². The number of hydrogen-bond donors (Lipinski definition) is 2. The summed E-state index contributed by atoms with van der Waals surface area (Å²) in [7, 11) is 0. The van der Waals surface area contributed by atoms with Gasteiger partial charge in [0, 0.05) is 0 Å². The standard InChI is InChI=1S/C9H8F4N2O/c10-5-1-2-7(15-8(16)4-14)6(3-5)9(11,12)13/h1-3H,4,14H2,(H,15,16). The summed E-state index contributed by atoms with van der Waals surface area (Å²) in [4.78, 5) is 10.8. The molecule has 0 aliphatic carbocycles. The fourth-order valence-electron chi connectivity index (χ4n) is 1.06. The molecule has 0 aromatic heterocycles. The maximum atomic E-state index is 12.7. The molecule has 16 heavy (non-hydrogen) atoms. The summed E-state index contributed by atoms with van der Waals surface area (Å²) in [6.07, 6.45) is -4.74. The van der Waals surface area contributed by atoms with E-state index in [1.165, 1.54) is 0 Å². The Bertz CT molecular complexity index is 403. The van der Waals surface area contributed by atoms with Crippen molar-refractivity contribution in [1.29, 1.82) is 0 Å². The number of anilines is 1. The van der Waals surface area contributed by atoms with Gasteiger partial charge in [-0.15, -0.1) is 0 Å². The minimum absolute atomic E-state index is 0.312. The Labute approximate surface area is 88.2 Å². The molecule has 0 saturated heterocycles. The molecule has 0 bridgehead atoms. The van der Waals surface area contributed by atoms with Crippen LogP contribution < -0.4 is 11.1 Å². The summed E-state index contributed by atoms with van der Waals surface area (Å²) in [6.45, 7) is -0.450. The van der Waals surface area contributed by atoms with Crippen molar-refractivity contribution in [1.82, 2.24) is 0 Å². The Balaban J connectivity index is 3.13. The van der Waals surface area contributed by atoms with Gasteiger partial charge in [0.1, 0.15) is 5.82 Å². The second kappa shape index (κ2) is 4.48. The second-order valence-electron chi connectivity index (χ2n) is 2.94. The predicted octanol–water partition coefficient (Wildman–Crippen LogP) is 1.74. The molecule has 3 nitrogen and oxygen atoms in total. The minimum Gasteiger partial charge on any atom is -0.324 e. The topological polar surface area (TPSA) is 55.1 Å². The lowest BCUT2D eigenvalue weighted by Gasteiger charge is -2.13. The van der Waals surface area contributed by atoms with Crippen LogP contribution in [0.15, 0.2) is 18.2 Å². The maximum absolute atomic E-state index is 12.7. The summed E-state index contributed by atoms with van der Waals surface area (Å²) in [5.41, 5.74) is 3.19. The zero-order chi connectivity index (χ0) is 12.3. The van der Waals surface area contributed by atoms with E-state index in [0.717, 1.165) is 12.1 Å². The Morgan fingerprint density at radius 2 is 2.00 bits per heavy atom. The molecule has 0 heterocycles. The van der Waals surface area contributed by atoms with E-state index in [1.807, 2.05) is 5.32 Å². The zero-order valence-corrected chi connectivity index (χ0v) is 7.94. The molecule has 1 rings (SSSR count). The number of nitrogens with one attached hydrogen (secondary N) is 1. The van der Waals surface area contributed by atoms with Crippen LogP contribution in [0.1, 0.15) is 5.56 Å². The Kier molecular flexibility index (Phi) is 3.48. The predicted molar refractivity (Wildman–Crippen MR) is 49.1 cm³/mol. The minimum atomic E-state index is -4.74. The summed E-state index contributed by atoms with van der Waals surface area (Å²) in [5, 5.41) is 1.94. The number of hydrogen-bond acceptors (Lipinski definition) is 2. The largest absolute Gasteiger partial charge is 0.418 e. The van der Waals surface area contributed by atoms with Crippen LogP contribution in [-0.2, 0) is 11.0 Å². The lowest BCUT2D eigenvalue weighted by atomic mass is 10.1. The summed E-state index contributed by atoms with van der Waals surface area (Å²) in [5.74, 6) is -1.81. The fourth-order valence-corrected chi connectivity index (χ4v) is 1.06. The Hall–Kier alpha value is -1.63. The van der Waals surface area contributed by atoms with Gasteiger partial charge in [0.15, 0.2) is 0 Å². The molecule has 0 aliphatic rings. The first-order valence-electron chi connectivity index (χ1n) is 4.21. The van der Waals surface area contributed by atoms with Crippen LogP contribution in [0.3, 0.4) is 0 Å². The molecule has 1 aromatic rings. The summed E-state index contributed by atoms with van der Waals surface area (Å²) in [6, 6.07) is 1.97. The summed E-state index contributed by atoms with van der Waals surface area (Å²) >= 11 is 0. The number of nitrogens with two attached hydrogens (primary N) is 1. The summed E-state index contributed by atoms with van der Waals surface area (Å²) < 4.78 is 50.0. The third-order valence-corrected chi connectivity index (χ3v) is 1.75. The highest BCUT2D eigenvalue weighted by Gasteiger charge is 2.34. The van der Waals surface area contributed by atoms with Crippen LogP contribution in [0.4, 0.5) is 23.2 Å². The Morgan fingerprint density at radius 1 is 1.38 bits per heavy atom. The maximum Gasteiger partial charge on any atom is 0.418 e. The first-order valence-corrected chi connectivity index (χ1v) is 4.21. The van der Waals surface area contributed by atoms with E-state index in [1.54, 1.807) is 0 Å². The number of alkyl halides is 3. The van der Waals surface area contributed by atoms with Crippen LogP contribution >= 0.6 is 0 Å². The molecule has 1 aromatic carbocycles. The zero-order valence-electron chi connectivity index (χ0n) is 7.94. The first-order chi connectivity index (χ1) is 7.34. The van der Waals surface area contributed by atoms with E-state index < -0.39 is 35.7 Å². The van der Waals surface area contributed by atoms with Gasteiger partial charge in [-0.3, -0.25) is 4.79 Å². The highest BCUT2D eigenvalue weighted by molar-refractivity contribution is 5.92. The fraction of sp³-hybridized carbons (Fsp3) is 0.222. The van der Waals surface area contributed by atoms with Gasteiger partial charge in [0.25, 0.3) is 0 Å².